The topological polar surface area (TPSA) is 55.6 Å². The molecule has 6 heteroatoms. The average molecular weight is 267 g/mol. The molecule has 0 saturated heterocycles. The summed E-state index contributed by atoms with van der Waals surface area (Å²) in [5.41, 5.74) is 0.123. The van der Waals surface area contributed by atoms with E-state index < -0.39 is 0 Å². The Kier molecular flexibility index (Phi) is 6.16. The third-order valence-electron chi connectivity index (χ3n) is 2.11. The van der Waals surface area contributed by atoms with Gasteiger partial charge in [-0.3, -0.25) is 0 Å². The second-order valence-corrected chi connectivity index (χ2v) is 5.95. The number of tetrazole rings is 1. The Labute approximate surface area is 113 Å². The number of nitrogens with one attached hydrogen (secondary N) is 1. The molecular formula is C12H21N5S. The van der Waals surface area contributed by atoms with E-state index in [0.717, 1.165) is 30.4 Å². The smallest absolute Gasteiger partial charge is 0.209 e. The standard InChI is InChI=1S/C12H21N5S/c1-5-6-7-10-18-11-14-15-16-17(11)9-8-13-12(2,3)4/h13H,7-10H2,1-4H3. The van der Waals surface area contributed by atoms with Crippen molar-refractivity contribution in [3.05, 3.63) is 0 Å². The molecule has 0 atom stereocenters. The summed E-state index contributed by atoms with van der Waals surface area (Å²) in [6, 6.07) is 0. The van der Waals surface area contributed by atoms with Crippen LogP contribution in [0.25, 0.3) is 0 Å². The molecule has 1 aromatic heterocycles. The van der Waals surface area contributed by atoms with Gasteiger partial charge in [0.25, 0.3) is 0 Å². The van der Waals surface area contributed by atoms with Gasteiger partial charge in [0, 0.05) is 24.3 Å². The molecule has 0 aromatic carbocycles. The Balaban J connectivity index is 2.36. The Morgan fingerprint density at radius 3 is 2.83 bits per heavy atom. The third-order valence-corrected chi connectivity index (χ3v) is 3.07. The highest BCUT2D eigenvalue weighted by atomic mass is 32.2. The minimum absolute atomic E-state index is 0.123. The van der Waals surface area contributed by atoms with Crippen LogP contribution < -0.4 is 5.32 Å². The first-order chi connectivity index (χ1) is 8.53. The number of nitrogens with zero attached hydrogens (tertiary/aromatic N) is 4. The van der Waals surface area contributed by atoms with Gasteiger partial charge in [0.05, 0.1) is 6.54 Å². The lowest BCUT2D eigenvalue weighted by atomic mass is 10.1. The molecule has 0 amide bonds. The number of rotatable bonds is 6. The predicted molar refractivity (Wildman–Crippen MR) is 74.4 cm³/mol. The van der Waals surface area contributed by atoms with Gasteiger partial charge in [-0.15, -0.1) is 16.9 Å². The normalized spacial score (nSPS) is 11.1. The first-order valence-corrected chi connectivity index (χ1v) is 7.05. The molecule has 1 rings (SSSR count). The molecule has 0 aliphatic carbocycles. The monoisotopic (exact) mass is 267 g/mol. The lowest BCUT2D eigenvalue weighted by Crippen LogP contribution is -2.38. The second kappa shape index (κ2) is 7.39. The van der Waals surface area contributed by atoms with Gasteiger partial charge in [0.1, 0.15) is 0 Å². The maximum absolute atomic E-state index is 4.02. The molecule has 5 nitrogen and oxygen atoms in total. The van der Waals surface area contributed by atoms with Crippen molar-refractivity contribution in [3.63, 3.8) is 0 Å². The fourth-order valence-electron chi connectivity index (χ4n) is 1.30. The van der Waals surface area contributed by atoms with Crippen LogP contribution in [0.4, 0.5) is 0 Å². The summed E-state index contributed by atoms with van der Waals surface area (Å²) >= 11 is 1.65. The molecule has 0 bridgehead atoms. The summed E-state index contributed by atoms with van der Waals surface area (Å²) in [5, 5.41) is 16.0. The van der Waals surface area contributed by atoms with Gasteiger partial charge in [0.2, 0.25) is 5.16 Å². The van der Waals surface area contributed by atoms with E-state index in [9.17, 15) is 0 Å². The molecule has 0 radical (unpaired) electrons. The third kappa shape index (κ3) is 6.03. The zero-order chi connectivity index (χ0) is 13.4. The Morgan fingerprint density at radius 2 is 2.17 bits per heavy atom. The van der Waals surface area contributed by atoms with Gasteiger partial charge >= 0.3 is 0 Å². The van der Waals surface area contributed by atoms with E-state index in [2.05, 4.69) is 53.5 Å². The zero-order valence-electron chi connectivity index (χ0n) is 11.5. The summed E-state index contributed by atoms with van der Waals surface area (Å²) in [4.78, 5) is 0. The molecule has 0 saturated carbocycles. The second-order valence-electron chi connectivity index (χ2n) is 4.89. The molecule has 1 heterocycles. The molecule has 0 fully saturated rings. The van der Waals surface area contributed by atoms with Crippen molar-refractivity contribution in [3.8, 4) is 11.8 Å². The van der Waals surface area contributed by atoms with Crippen molar-refractivity contribution in [2.45, 2.75) is 51.4 Å². The Bertz CT molecular complexity index is 410. The summed E-state index contributed by atoms with van der Waals surface area (Å²) in [6.07, 6.45) is 0.869. The number of hydrogen-bond donors (Lipinski definition) is 1. The van der Waals surface area contributed by atoms with E-state index in [-0.39, 0.29) is 5.54 Å². The van der Waals surface area contributed by atoms with Crippen molar-refractivity contribution < 1.29 is 0 Å². The summed E-state index contributed by atoms with van der Waals surface area (Å²) in [6.45, 7) is 9.93. The van der Waals surface area contributed by atoms with Crippen LogP contribution in [0, 0.1) is 11.8 Å². The van der Waals surface area contributed by atoms with Crippen LogP contribution in [0.1, 0.15) is 34.1 Å². The molecular weight excluding hydrogens is 246 g/mol. The molecule has 1 N–H and O–H groups in total. The Hall–Kier alpha value is -1.06. The van der Waals surface area contributed by atoms with E-state index >= 15 is 0 Å². The maximum atomic E-state index is 4.02. The SMILES string of the molecule is CC#CCCSc1nnnn1CCNC(C)(C)C. The predicted octanol–water partition coefficient (Wildman–Crippen LogP) is 1.57. The summed E-state index contributed by atoms with van der Waals surface area (Å²) < 4.78 is 1.84. The average Bonchev–Trinajstić information content (AvgIpc) is 2.71. The fraction of sp³-hybridized carbons (Fsp3) is 0.750. The summed E-state index contributed by atoms with van der Waals surface area (Å²) in [7, 11) is 0. The number of thioether (sulfide) groups is 1. The van der Waals surface area contributed by atoms with Crippen LogP contribution >= 0.6 is 11.8 Å². The molecule has 0 aliphatic rings. The van der Waals surface area contributed by atoms with E-state index in [1.807, 2.05) is 11.6 Å². The first kappa shape index (κ1) is 15.0. The molecule has 0 aliphatic heterocycles. The van der Waals surface area contributed by atoms with Crippen LogP contribution in [-0.4, -0.2) is 38.0 Å². The first-order valence-electron chi connectivity index (χ1n) is 6.06. The van der Waals surface area contributed by atoms with Crippen LogP contribution in [0.3, 0.4) is 0 Å². The number of hydrogen-bond acceptors (Lipinski definition) is 5. The van der Waals surface area contributed by atoms with Crippen molar-refractivity contribution in [1.29, 1.82) is 0 Å². The van der Waals surface area contributed by atoms with Gasteiger partial charge in [-0.2, -0.15) is 0 Å². The van der Waals surface area contributed by atoms with E-state index in [1.165, 1.54) is 0 Å². The van der Waals surface area contributed by atoms with Crippen LogP contribution in [0.2, 0.25) is 0 Å². The van der Waals surface area contributed by atoms with Crippen LogP contribution in [-0.2, 0) is 6.54 Å². The van der Waals surface area contributed by atoms with Crippen molar-refractivity contribution in [2.24, 2.45) is 0 Å². The molecule has 18 heavy (non-hydrogen) atoms. The Morgan fingerprint density at radius 1 is 1.39 bits per heavy atom. The van der Waals surface area contributed by atoms with Gasteiger partial charge in [0.15, 0.2) is 0 Å². The number of aromatic nitrogens is 4. The van der Waals surface area contributed by atoms with Gasteiger partial charge < -0.3 is 5.32 Å². The quantitative estimate of drug-likeness (QED) is 0.482. The lowest BCUT2D eigenvalue weighted by molar-refractivity contribution is 0.396. The minimum atomic E-state index is 0.123. The molecule has 100 valence electrons. The maximum Gasteiger partial charge on any atom is 0.209 e. The molecule has 1 aromatic rings. The highest BCUT2D eigenvalue weighted by molar-refractivity contribution is 7.99. The van der Waals surface area contributed by atoms with Gasteiger partial charge in [-0.1, -0.05) is 11.8 Å². The largest absolute Gasteiger partial charge is 0.310 e. The molecule has 0 spiro atoms. The van der Waals surface area contributed by atoms with Gasteiger partial charge in [-0.05, 0) is 38.1 Å². The van der Waals surface area contributed by atoms with Crippen LogP contribution in [0.5, 0.6) is 0 Å². The van der Waals surface area contributed by atoms with Crippen molar-refractivity contribution in [2.75, 3.05) is 12.3 Å². The van der Waals surface area contributed by atoms with Crippen molar-refractivity contribution >= 4 is 11.8 Å². The lowest BCUT2D eigenvalue weighted by Gasteiger charge is -2.20. The van der Waals surface area contributed by atoms with Gasteiger partial charge in [-0.25, -0.2) is 4.68 Å². The highest BCUT2D eigenvalue weighted by Crippen LogP contribution is 2.14. The van der Waals surface area contributed by atoms with E-state index in [0.29, 0.717) is 0 Å². The summed E-state index contributed by atoms with van der Waals surface area (Å²) in [5.74, 6) is 6.84. The van der Waals surface area contributed by atoms with Crippen LogP contribution in [0.15, 0.2) is 5.16 Å². The highest BCUT2D eigenvalue weighted by Gasteiger charge is 2.10. The van der Waals surface area contributed by atoms with E-state index in [1.54, 1.807) is 11.8 Å². The van der Waals surface area contributed by atoms with E-state index in [4.69, 9.17) is 0 Å². The fourth-order valence-corrected chi connectivity index (χ4v) is 2.05. The molecule has 0 unspecified atom stereocenters. The minimum Gasteiger partial charge on any atom is -0.310 e. The zero-order valence-corrected chi connectivity index (χ0v) is 12.3. The van der Waals surface area contributed by atoms with Crippen molar-refractivity contribution in [1.82, 2.24) is 25.5 Å².